The molecule has 2 aromatic heterocycles. The van der Waals surface area contributed by atoms with Crippen molar-refractivity contribution in [2.24, 2.45) is 0 Å². The third-order valence-corrected chi connectivity index (χ3v) is 3.11. The van der Waals surface area contributed by atoms with Crippen molar-refractivity contribution < 1.29 is 0 Å². The molecule has 0 aliphatic heterocycles. The van der Waals surface area contributed by atoms with Crippen LogP contribution in [0.15, 0.2) is 33.2 Å². The van der Waals surface area contributed by atoms with Crippen LogP contribution in [0.2, 0.25) is 0 Å². The van der Waals surface area contributed by atoms with Crippen LogP contribution in [-0.2, 0) is 0 Å². The normalized spacial score (nSPS) is 9.64. The van der Waals surface area contributed by atoms with E-state index in [2.05, 4.69) is 21.3 Å². The van der Waals surface area contributed by atoms with Gasteiger partial charge in [-0.1, -0.05) is 11.3 Å². The van der Waals surface area contributed by atoms with E-state index in [4.69, 9.17) is 5.26 Å². The molecule has 0 aliphatic carbocycles. The van der Waals surface area contributed by atoms with Crippen molar-refractivity contribution in [1.29, 1.82) is 5.26 Å². The molecule has 0 aliphatic rings. The Morgan fingerprint density at radius 2 is 2.43 bits per heavy atom. The van der Waals surface area contributed by atoms with Crippen LogP contribution < -0.4 is 0 Å². The van der Waals surface area contributed by atoms with Gasteiger partial charge in [0.05, 0.1) is 11.6 Å². The maximum atomic E-state index is 8.68. The van der Waals surface area contributed by atoms with Crippen LogP contribution in [0, 0.1) is 11.3 Å². The second-order valence-corrected chi connectivity index (χ2v) is 4.40. The zero-order valence-electron chi connectivity index (χ0n) is 6.91. The molecule has 2 rings (SSSR count). The molecule has 2 heterocycles. The Bertz CT molecular complexity index is 460. The third-order valence-electron chi connectivity index (χ3n) is 1.40. The SMILES string of the molecule is N#Cc1ccnc(Sc2nncs2)c1. The number of aromatic nitrogens is 3. The molecule has 4 nitrogen and oxygen atoms in total. The molecule has 0 unspecified atom stereocenters. The Labute approximate surface area is 88.6 Å². The summed E-state index contributed by atoms with van der Waals surface area (Å²) in [6, 6.07) is 5.46. The summed E-state index contributed by atoms with van der Waals surface area (Å²) >= 11 is 2.86. The van der Waals surface area contributed by atoms with Gasteiger partial charge in [0, 0.05) is 6.20 Å². The molecule has 2 aromatic rings. The average Bonchev–Trinajstić information content (AvgIpc) is 2.71. The molecule has 14 heavy (non-hydrogen) atoms. The highest BCUT2D eigenvalue weighted by molar-refractivity contribution is 8.00. The van der Waals surface area contributed by atoms with Crippen molar-refractivity contribution in [2.45, 2.75) is 9.37 Å². The van der Waals surface area contributed by atoms with E-state index in [0.29, 0.717) is 5.56 Å². The van der Waals surface area contributed by atoms with Gasteiger partial charge < -0.3 is 0 Å². The van der Waals surface area contributed by atoms with E-state index in [-0.39, 0.29) is 0 Å². The zero-order valence-corrected chi connectivity index (χ0v) is 8.55. The lowest BCUT2D eigenvalue weighted by Gasteiger charge is -1.95. The number of rotatable bonds is 2. The Kier molecular flexibility index (Phi) is 2.72. The van der Waals surface area contributed by atoms with Crippen molar-refractivity contribution in [3.05, 3.63) is 29.4 Å². The Morgan fingerprint density at radius 1 is 1.50 bits per heavy atom. The van der Waals surface area contributed by atoms with E-state index in [1.165, 1.54) is 23.1 Å². The van der Waals surface area contributed by atoms with Gasteiger partial charge in [0.1, 0.15) is 10.5 Å². The topological polar surface area (TPSA) is 62.5 Å². The largest absolute Gasteiger partial charge is 0.249 e. The number of pyridine rings is 1. The lowest BCUT2D eigenvalue weighted by molar-refractivity contribution is 1.01. The molecule has 0 fully saturated rings. The maximum Gasteiger partial charge on any atom is 0.180 e. The van der Waals surface area contributed by atoms with Crippen molar-refractivity contribution in [3.63, 3.8) is 0 Å². The fourth-order valence-corrected chi connectivity index (χ4v) is 2.25. The maximum absolute atomic E-state index is 8.68. The second kappa shape index (κ2) is 4.17. The molecule has 68 valence electrons. The first-order valence-electron chi connectivity index (χ1n) is 3.68. The lowest BCUT2D eigenvalue weighted by Crippen LogP contribution is -1.81. The standard InChI is InChI=1S/C8H4N4S2/c9-4-6-1-2-10-7(3-6)14-8-12-11-5-13-8/h1-3,5H. The summed E-state index contributed by atoms with van der Waals surface area (Å²) in [6.07, 6.45) is 1.61. The van der Waals surface area contributed by atoms with Gasteiger partial charge in [0.25, 0.3) is 0 Å². The molecule has 0 amide bonds. The van der Waals surface area contributed by atoms with E-state index in [1.54, 1.807) is 23.8 Å². The minimum absolute atomic E-state index is 0.604. The highest BCUT2D eigenvalue weighted by Crippen LogP contribution is 2.26. The van der Waals surface area contributed by atoms with Crippen molar-refractivity contribution in [1.82, 2.24) is 15.2 Å². The van der Waals surface area contributed by atoms with Crippen LogP contribution in [0.5, 0.6) is 0 Å². The van der Waals surface area contributed by atoms with E-state index < -0.39 is 0 Å². The van der Waals surface area contributed by atoms with Gasteiger partial charge in [-0.3, -0.25) is 0 Å². The molecular formula is C8H4N4S2. The predicted molar refractivity (Wildman–Crippen MR) is 53.0 cm³/mol. The van der Waals surface area contributed by atoms with Gasteiger partial charge in [0.2, 0.25) is 0 Å². The Morgan fingerprint density at radius 3 is 3.14 bits per heavy atom. The Hall–Kier alpha value is -1.45. The fraction of sp³-hybridized carbons (Fsp3) is 0. The average molecular weight is 220 g/mol. The smallest absolute Gasteiger partial charge is 0.180 e. The summed E-state index contributed by atoms with van der Waals surface area (Å²) in [7, 11) is 0. The predicted octanol–water partition coefficient (Wildman–Crippen LogP) is 1.96. The van der Waals surface area contributed by atoms with Crippen molar-refractivity contribution in [3.8, 4) is 6.07 Å². The first-order chi connectivity index (χ1) is 6.88. The van der Waals surface area contributed by atoms with Gasteiger partial charge in [-0.15, -0.1) is 10.2 Å². The van der Waals surface area contributed by atoms with Crippen LogP contribution in [0.25, 0.3) is 0 Å². The molecule has 0 N–H and O–H groups in total. The molecule has 6 heteroatoms. The van der Waals surface area contributed by atoms with E-state index in [1.807, 2.05) is 0 Å². The minimum Gasteiger partial charge on any atom is -0.249 e. The van der Waals surface area contributed by atoms with E-state index in [9.17, 15) is 0 Å². The fourth-order valence-electron chi connectivity index (χ4n) is 0.832. The highest BCUT2D eigenvalue weighted by Gasteiger charge is 2.02. The van der Waals surface area contributed by atoms with Gasteiger partial charge in [-0.2, -0.15) is 5.26 Å². The van der Waals surface area contributed by atoms with Gasteiger partial charge in [0.15, 0.2) is 4.34 Å². The molecule has 0 saturated heterocycles. The molecule has 0 saturated carbocycles. The third kappa shape index (κ3) is 2.07. The minimum atomic E-state index is 0.604. The first kappa shape index (κ1) is 9.12. The summed E-state index contributed by atoms with van der Waals surface area (Å²) in [4.78, 5) is 4.11. The van der Waals surface area contributed by atoms with Crippen LogP contribution >= 0.6 is 23.1 Å². The van der Waals surface area contributed by atoms with Gasteiger partial charge >= 0.3 is 0 Å². The number of nitrogens with zero attached hydrogens (tertiary/aromatic N) is 4. The molecule has 0 spiro atoms. The number of hydrogen-bond donors (Lipinski definition) is 0. The highest BCUT2D eigenvalue weighted by atomic mass is 32.2. The van der Waals surface area contributed by atoms with Crippen LogP contribution in [0.1, 0.15) is 5.56 Å². The van der Waals surface area contributed by atoms with Gasteiger partial charge in [-0.25, -0.2) is 4.98 Å². The summed E-state index contributed by atoms with van der Waals surface area (Å²) in [5.74, 6) is 0. The molecular weight excluding hydrogens is 216 g/mol. The van der Waals surface area contributed by atoms with Crippen LogP contribution in [0.4, 0.5) is 0 Å². The summed E-state index contributed by atoms with van der Waals surface area (Å²) in [5.41, 5.74) is 2.27. The summed E-state index contributed by atoms with van der Waals surface area (Å²) in [6.45, 7) is 0. The van der Waals surface area contributed by atoms with E-state index in [0.717, 1.165) is 9.37 Å². The quantitative estimate of drug-likeness (QED) is 0.774. The molecule has 0 aromatic carbocycles. The lowest BCUT2D eigenvalue weighted by atomic mass is 10.3. The number of nitriles is 1. The van der Waals surface area contributed by atoms with Crippen molar-refractivity contribution in [2.75, 3.05) is 0 Å². The molecule has 0 radical (unpaired) electrons. The summed E-state index contributed by atoms with van der Waals surface area (Å²) < 4.78 is 0.826. The number of hydrogen-bond acceptors (Lipinski definition) is 6. The zero-order chi connectivity index (χ0) is 9.80. The molecule has 0 bridgehead atoms. The monoisotopic (exact) mass is 220 g/mol. The van der Waals surface area contributed by atoms with Gasteiger partial charge in [-0.05, 0) is 23.9 Å². The Balaban J connectivity index is 2.22. The van der Waals surface area contributed by atoms with E-state index >= 15 is 0 Å². The summed E-state index contributed by atoms with van der Waals surface area (Å²) in [5, 5.41) is 17.0. The first-order valence-corrected chi connectivity index (χ1v) is 5.38. The van der Waals surface area contributed by atoms with Crippen LogP contribution in [0.3, 0.4) is 0 Å². The van der Waals surface area contributed by atoms with Crippen molar-refractivity contribution >= 4 is 23.1 Å². The second-order valence-electron chi connectivity index (χ2n) is 2.30. The van der Waals surface area contributed by atoms with Crippen LogP contribution in [-0.4, -0.2) is 15.2 Å². The molecule has 0 atom stereocenters.